The summed E-state index contributed by atoms with van der Waals surface area (Å²) in [5.74, 6) is 0.516. The SMILES string of the molecule is CC(C)CCNC(=O)c1cc(-c2cccn2C)nn1C. The Bertz CT molecular complexity index is 595. The summed E-state index contributed by atoms with van der Waals surface area (Å²) in [7, 11) is 3.76. The van der Waals surface area contributed by atoms with Crippen molar-refractivity contribution in [2.75, 3.05) is 6.54 Å². The monoisotopic (exact) mass is 274 g/mol. The average Bonchev–Trinajstić information content (AvgIpc) is 2.94. The largest absolute Gasteiger partial charge is 0.351 e. The highest BCUT2D eigenvalue weighted by Gasteiger charge is 2.15. The van der Waals surface area contributed by atoms with Crippen molar-refractivity contribution in [3.05, 3.63) is 30.1 Å². The van der Waals surface area contributed by atoms with Crippen LogP contribution in [0.1, 0.15) is 30.8 Å². The first-order valence-corrected chi connectivity index (χ1v) is 6.93. The van der Waals surface area contributed by atoms with E-state index in [0.29, 0.717) is 18.2 Å². The standard InChI is InChI=1S/C15H22N4O/c1-11(2)7-8-16-15(20)14-10-12(17-19(14)4)13-6-5-9-18(13)3/h5-6,9-11H,7-8H2,1-4H3,(H,16,20). The fourth-order valence-electron chi connectivity index (χ4n) is 2.10. The van der Waals surface area contributed by atoms with Crippen LogP contribution in [0.3, 0.4) is 0 Å². The van der Waals surface area contributed by atoms with E-state index in [-0.39, 0.29) is 5.91 Å². The highest BCUT2D eigenvalue weighted by atomic mass is 16.2. The number of hydrogen-bond donors (Lipinski definition) is 1. The fourth-order valence-corrected chi connectivity index (χ4v) is 2.10. The van der Waals surface area contributed by atoms with E-state index >= 15 is 0 Å². The van der Waals surface area contributed by atoms with Crippen LogP contribution in [0, 0.1) is 5.92 Å². The van der Waals surface area contributed by atoms with Crippen molar-refractivity contribution in [1.82, 2.24) is 19.7 Å². The summed E-state index contributed by atoms with van der Waals surface area (Å²) in [6.45, 7) is 4.98. The lowest BCUT2D eigenvalue weighted by atomic mass is 10.1. The van der Waals surface area contributed by atoms with Gasteiger partial charge in [-0.15, -0.1) is 0 Å². The highest BCUT2D eigenvalue weighted by Crippen LogP contribution is 2.18. The molecule has 0 aliphatic heterocycles. The van der Waals surface area contributed by atoms with Gasteiger partial charge in [0.2, 0.25) is 0 Å². The van der Waals surface area contributed by atoms with Gasteiger partial charge < -0.3 is 9.88 Å². The zero-order valence-corrected chi connectivity index (χ0v) is 12.6. The summed E-state index contributed by atoms with van der Waals surface area (Å²) in [4.78, 5) is 12.1. The second-order valence-corrected chi connectivity index (χ2v) is 5.48. The van der Waals surface area contributed by atoms with Gasteiger partial charge in [0.1, 0.15) is 11.4 Å². The minimum atomic E-state index is -0.0684. The fraction of sp³-hybridized carbons (Fsp3) is 0.467. The molecule has 0 aromatic carbocycles. The van der Waals surface area contributed by atoms with Gasteiger partial charge in [-0.2, -0.15) is 5.10 Å². The zero-order valence-electron chi connectivity index (χ0n) is 12.6. The molecular formula is C15H22N4O. The molecule has 108 valence electrons. The molecule has 0 unspecified atom stereocenters. The van der Waals surface area contributed by atoms with Crippen LogP contribution >= 0.6 is 0 Å². The van der Waals surface area contributed by atoms with Crippen molar-refractivity contribution >= 4 is 5.91 Å². The van der Waals surface area contributed by atoms with E-state index < -0.39 is 0 Å². The van der Waals surface area contributed by atoms with E-state index in [9.17, 15) is 4.79 Å². The van der Waals surface area contributed by atoms with Gasteiger partial charge in [0.05, 0.1) is 5.69 Å². The minimum Gasteiger partial charge on any atom is -0.351 e. The van der Waals surface area contributed by atoms with Crippen LogP contribution in [0.4, 0.5) is 0 Å². The van der Waals surface area contributed by atoms with Gasteiger partial charge in [-0.25, -0.2) is 0 Å². The Hall–Kier alpha value is -2.04. The van der Waals surface area contributed by atoms with Gasteiger partial charge in [0.15, 0.2) is 0 Å². The molecule has 0 saturated carbocycles. The number of carbonyl (C=O) groups excluding carboxylic acids is 1. The third kappa shape index (κ3) is 3.10. The Labute approximate surface area is 119 Å². The van der Waals surface area contributed by atoms with Crippen LogP contribution in [0.5, 0.6) is 0 Å². The molecule has 2 heterocycles. The van der Waals surface area contributed by atoms with E-state index in [1.807, 2.05) is 36.0 Å². The molecule has 0 spiro atoms. The maximum Gasteiger partial charge on any atom is 0.269 e. The first-order chi connectivity index (χ1) is 9.49. The molecule has 1 N–H and O–H groups in total. The van der Waals surface area contributed by atoms with Crippen molar-refractivity contribution in [3.63, 3.8) is 0 Å². The number of aryl methyl sites for hydroxylation is 2. The second-order valence-electron chi connectivity index (χ2n) is 5.48. The van der Waals surface area contributed by atoms with Crippen LogP contribution in [0.15, 0.2) is 24.4 Å². The van der Waals surface area contributed by atoms with Crippen LogP contribution in [-0.2, 0) is 14.1 Å². The van der Waals surface area contributed by atoms with Crippen LogP contribution in [0.2, 0.25) is 0 Å². The molecule has 1 amide bonds. The number of hydrogen-bond acceptors (Lipinski definition) is 2. The van der Waals surface area contributed by atoms with Gasteiger partial charge in [-0.3, -0.25) is 9.48 Å². The lowest BCUT2D eigenvalue weighted by molar-refractivity contribution is 0.0942. The summed E-state index contributed by atoms with van der Waals surface area (Å²) in [6, 6.07) is 5.79. The molecule has 20 heavy (non-hydrogen) atoms. The Morgan fingerprint density at radius 3 is 2.75 bits per heavy atom. The third-order valence-corrected chi connectivity index (χ3v) is 3.33. The van der Waals surface area contributed by atoms with Crippen LogP contribution in [0.25, 0.3) is 11.4 Å². The summed E-state index contributed by atoms with van der Waals surface area (Å²) in [5.41, 5.74) is 2.40. The molecule has 5 heteroatoms. The van der Waals surface area contributed by atoms with Gasteiger partial charge >= 0.3 is 0 Å². The van der Waals surface area contributed by atoms with Crippen molar-refractivity contribution in [3.8, 4) is 11.4 Å². The van der Waals surface area contributed by atoms with E-state index in [4.69, 9.17) is 0 Å². The van der Waals surface area contributed by atoms with Crippen LogP contribution in [-0.4, -0.2) is 26.8 Å². The minimum absolute atomic E-state index is 0.0684. The summed E-state index contributed by atoms with van der Waals surface area (Å²) >= 11 is 0. The number of amides is 1. The zero-order chi connectivity index (χ0) is 14.7. The Kier molecular flexibility index (Phi) is 4.27. The van der Waals surface area contributed by atoms with Gasteiger partial charge in [-0.1, -0.05) is 13.8 Å². The van der Waals surface area contributed by atoms with Gasteiger partial charge in [-0.05, 0) is 30.5 Å². The third-order valence-electron chi connectivity index (χ3n) is 3.33. The molecule has 5 nitrogen and oxygen atoms in total. The predicted molar refractivity (Wildman–Crippen MR) is 79.4 cm³/mol. The van der Waals surface area contributed by atoms with E-state index in [1.165, 1.54) is 0 Å². The number of aromatic nitrogens is 3. The number of nitrogens with zero attached hydrogens (tertiary/aromatic N) is 3. The molecular weight excluding hydrogens is 252 g/mol. The normalized spacial score (nSPS) is 11.1. The average molecular weight is 274 g/mol. The van der Waals surface area contributed by atoms with E-state index in [0.717, 1.165) is 17.8 Å². The van der Waals surface area contributed by atoms with Crippen molar-refractivity contribution in [1.29, 1.82) is 0 Å². The number of nitrogens with one attached hydrogen (secondary N) is 1. The van der Waals surface area contributed by atoms with E-state index in [2.05, 4.69) is 24.3 Å². The number of carbonyl (C=O) groups is 1. The predicted octanol–water partition coefficient (Wildman–Crippen LogP) is 2.20. The topological polar surface area (TPSA) is 51.9 Å². The lowest BCUT2D eigenvalue weighted by Crippen LogP contribution is -2.27. The van der Waals surface area contributed by atoms with Crippen molar-refractivity contribution in [2.45, 2.75) is 20.3 Å². The quantitative estimate of drug-likeness (QED) is 0.908. The second kappa shape index (κ2) is 5.94. The first kappa shape index (κ1) is 14.4. The molecule has 0 saturated heterocycles. The smallest absolute Gasteiger partial charge is 0.269 e. The van der Waals surface area contributed by atoms with Crippen LogP contribution < -0.4 is 5.32 Å². The Morgan fingerprint density at radius 2 is 2.15 bits per heavy atom. The van der Waals surface area contributed by atoms with Gasteiger partial charge in [0.25, 0.3) is 5.91 Å². The first-order valence-electron chi connectivity index (χ1n) is 6.93. The molecule has 0 fully saturated rings. The molecule has 0 atom stereocenters. The Morgan fingerprint density at radius 1 is 1.40 bits per heavy atom. The molecule has 2 aromatic heterocycles. The Balaban J connectivity index is 2.12. The molecule has 0 aliphatic carbocycles. The summed E-state index contributed by atoms with van der Waals surface area (Å²) < 4.78 is 3.62. The highest BCUT2D eigenvalue weighted by molar-refractivity contribution is 5.93. The maximum absolute atomic E-state index is 12.1. The lowest BCUT2D eigenvalue weighted by Gasteiger charge is -2.06. The summed E-state index contributed by atoms with van der Waals surface area (Å²) in [6.07, 6.45) is 2.95. The molecule has 0 radical (unpaired) electrons. The summed E-state index contributed by atoms with van der Waals surface area (Å²) in [5, 5.41) is 7.35. The maximum atomic E-state index is 12.1. The molecule has 0 bridgehead atoms. The number of rotatable bonds is 5. The van der Waals surface area contributed by atoms with Crippen molar-refractivity contribution in [2.24, 2.45) is 20.0 Å². The van der Waals surface area contributed by atoms with Gasteiger partial charge in [0, 0.05) is 26.8 Å². The molecule has 2 aromatic rings. The van der Waals surface area contributed by atoms with E-state index in [1.54, 1.807) is 11.7 Å². The van der Waals surface area contributed by atoms with Crippen molar-refractivity contribution < 1.29 is 4.79 Å². The molecule has 2 rings (SSSR count). The molecule has 0 aliphatic rings.